The van der Waals surface area contributed by atoms with E-state index < -0.39 is 0 Å². The summed E-state index contributed by atoms with van der Waals surface area (Å²) < 4.78 is 5.44. The summed E-state index contributed by atoms with van der Waals surface area (Å²) >= 11 is 0. The molecule has 0 aliphatic heterocycles. The van der Waals surface area contributed by atoms with Crippen LogP contribution in [0.25, 0.3) is 12.2 Å². The van der Waals surface area contributed by atoms with Gasteiger partial charge in [-0.2, -0.15) is 0 Å². The zero-order valence-corrected chi connectivity index (χ0v) is 13.6. The maximum absolute atomic E-state index is 10.7. The number of aldehydes is 1. The molecule has 0 N–H and O–H groups in total. The van der Waals surface area contributed by atoms with Gasteiger partial charge in [0.05, 0.1) is 7.11 Å². The highest BCUT2D eigenvalue weighted by Crippen LogP contribution is 2.29. The fraction of sp³-hybridized carbons (Fsp3) is 0.250. The highest BCUT2D eigenvalue weighted by molar-refractivity contribution is 5.77. The van der Waals surface area contributed by atoms with Crippen molar-refractivity contribution < 1.29 is 9.53 Å². The van der Waals surface area contributed by atoms with Crippen LogP contribution in [0, 0.1) is 0 Å². The first kappa shape index (κ1) is 16.0. The Hall–Kier alpha value is -2.35. The number of carbonyl (C=O) groups is 1. The van der Waals surface area contributed by atoms with Crippen LogP contribution in [-0.2, 0) is 5.41 Å². The zero-order valence-electron chi connectivity index (χ0n) is 13.6. The van der Waals surface area contributed by atoms with Crippen molar-refractivity contribution in [3.63, 3.8) is 0 Å². The fourth-order valence-corrected chi connectivity index (χ4v) is 2.20. The predicted octanol–water partition coefficient (Wildman–Crippen LogP) is 4.98. The van der Waals surface area contributed by atoms with Crippen LogP contribution in [0.5, 0.6) is 5.75 Å². The molecule has 2 aromatic rings. The molecule has 0 atom stereocenters. The number of methoxy groups -OCH3 is 1. The molecule has 2 aromatic carbocycles. The van der Waals surface area contributed by atoms with E-state index in [1.165, 1.54) is 5.56 Å². The zero-order chi connectivity index (χ0) is 16.2. The van der Waals surface area contributed by atoms with Gasteiger partial charge >= 0.3 is 0 Å². The van der Waals surface area contributed by atoms with Gasteiger partial charge in [-0.05, 0) is 28.7 Å². The molecule has 0 fully saturated rings. The minimum atomic E-state index is 0.0977. The largest absolute Gasteiger partial charge is 0.496 e. The van der Waals surface area contributed by atoms with E-state index in [2.05, 4.69) is 32.9 Å². The first-order chi connectivity index (χ1) is 10.4. The van der Waals surface area contributed by atoms with Crippen LogP contribution in [0.4, 0.5) is 0 Å². The minimum Gasteiger partial charge on any atom is -0.496 e. The third-order valence-electron chi connectivity index (χ3n) is 3.62. The van der Waals surface area contributed by atoms with E-state index in [1.54, 1.807) is 7.11 Å². The Bertz CT molecular complexity index is 674. The number of benzene rings is 2. The Labute approximate surface area is 132 Å². The molecule has 0 heterocycles. The van der Waals surface area contributed by atoms with E-state index in [0.29, 0.717) is 5.56 Å². The molecule has 2 nitrogen and oxygen atoms in total. The van der Waals surface area contributed by atoms with Crippen molar-refractivity contribution in [1.29, 1.82) is 0 Å². The number of rotatable bonds is 4. The lowest BCUT2D eigenvalue weighted by molar-refractivity contribution is 0.112. The summed E-state index contributed by atoms with van der Waals surface area (Å²) in [5.74, 6) is 0.855. The molecule has 0 radical (unpaired) electrons. The molecule has 0 saturated heterocycles. The Balaban J connectivity index is 2.33. The maximum atomic E-state index is 10.7. The Morgan fingerprint density at radius 1 is 0.909 bits per heavy atom. The highest BCUT2D eigenvalue weighted by Gasteiger charge is 2.14. The van der Waals surface area contributed by atoms with Crippen LogP contribution in [0.3, 0.4) is 0 Å². The second-order valence-corrected chi connectivity index (χ2v) is 6.32. The van der Waals surface area contributed by atoms with Crippen molar-refractivity contribution in [1.82, 2.24) is 0 Å². The van der Waals surface area contributed by atoms with E-state index in [0.717, 1.165) is 23.2 Å². The van der Waals surface area contributed by atoms with Crippen molar-refractivity contribution in [3.05, 3.63) is 64.7 Å². The molecule has 2 rings (SSSR count). The SMILES string of the molecule is COc1ccc(C(C)(C)C)cc1C=Cc1ccc(C=O)cc1. The molecule has 0 aromatic heterocycles. The molecule has 0 saturated carbocycles. The summed E-state index contributed by atoms with van der Waals surface area (Å²) in [6.45, 7) is 6.58. The lowest BCUT2D eigenvalue weighted by Crippen LogP contribution is -2.11. The molecule has 0 amide bonds. The molecule has 0 aliphatic carbocycles. The average molecular weight is 294 g/mol. The number of ether oxygens (including phenoxy) is 1. The standard InChI is InChI=1S/C20H22O2/c1-20(2,3)18-11-12-19(22-4)17(13-18)10-9-15-5-7-16(14-21)8-6-15/h5-14H,1-4H3. The van der Waals surface area contributed by atoms with E-state index in [4.69, 9.17) is 4.74 Å². The lowest BCUT2D eigenvalue weighted by Gasteiger charge is -2.20. The molecule has 0 unspecified atom stereocenters. The third-order valence-corrected chi connectivity index (χ3v) is 3.62. The van der Waals surface area contributed by atoms with E-state index in [9.17, 15) is 4.79 Å². The van der Waals surface area contributed by atoms with Gasteiger partial charge in [-0.25, -0.2) is 0 Å². The van der Waals surface area contributed by atoms with Gasteiger partial charge in [0.15, 0.2) is 0 Å². The van der Waals surface area contributed by atoms with Crippen LogP contribution < -0.4 is 4.74 Å². The van der Waals surface area contributed by atoms with Crippen molar-refractivity contribution in [2.24, 2.45) is 0 Å². The van der Waals surface area contributed by atoms with Crippen molar-refractivity contribution in [2.45, 2.75) is 26.2 Å². The first-order valence-electron chi connectivity index (χ1n) is 7.36. The Morgan fingerprint density at radius 3 is 2.09 bits per heavy atom. The van der Waals surface area contributed by atoms with Crippen molar-refractivity contribution in [2.75, 3.05) is 7.11 Å². The maximum Gasteiger partial charge on any atom is 0.150 e. The summed E-state index contributed by atoms with van der Waals surface area (Å²) in [4.78, 5) is 10.7. The summed E-state index contributed by atoms with van der Waals surface area (Å²) in [6.07, 6.45) is 4.92. The first-order valence-corrected chi connectivity index (χ1v) is 7.36. The van der Waals surface area contributed by atoms with Gasteiger partial charge in [0, 0.05) is 11.1 Å². The molecule has 22 heavy (non-hydrogen) atoms. The van der Waals surface area contributed by atoms with Gasteiger partial charge in [-0.1, -0.05) is 63.3 Å². The van der Waals surface area contributed by atoms with E-state index in [1.807, 2.05) is 42.5 Å². The third kappa shape index (κ3) is 3.85. The van der Waals surface area contributed by atoms with E-state index in [-0.39, 0.29) is 5.41 Å². The summed E-state index contributed by atoms with van der Waals surface area (Å²) in [5, 5.41) is 0. The van der Waals surface area contributed by atoms with Crippen LogP contribution in [0.2, 0.25) is 0 Å². The summed E-state index contributed by atoms with van der Waals surface area (Å²) in [7, 11) is 1.68. The molecule has 0 spiro atoms. The normalized spacial score (nSPS) is 11.6. The Morgan fingerprint density at radius 2 is 1.55 bits per heavy atom. The van der Waals surface area contributed by atoms with E-state index >= 15 is 0 Å². The minimum absolute atomic E-state index is 0.0977. The smallest absolute Gasteiger partial charge is 0.150 e. The monoisotopic (exact) mass is 294 g/mol. The number of hydrogen-bond donors (Lipinski definition) is 0. The molecule has 2 heteroatoms. The molecular weight excluding hydrogens is 272 g/mol. The van der Waals surface area contributed by atoms with Crippen LogP contribution >= 0.6 is 0 Å². The van der Waals surface area contributed by atoms with Gasteiger partial charge in [-0.3, -0.25) is 4.79 Å². The van der Waals surface area contributed by atoms with Crippen molar-refractivity contribution in [3.8, 4) is 5.75 Å². The molecule has 0 aliphatic rings. The second-order valence-electron chi connectivity index (χ2n) is 6.32. The quantitative estimate of drug-likeness (QED) is 0.587. The number of hydrogen-bond acceptors (Lipinski definition) is 2. The molecular formula is C20H22O2. The topological polar surface area (TPSA) is 26.3 Å². The van der Waals surface area contributed by atoms with Crippen molar-refractivity contribution >= 4 is 18.4 Å². The fourth-order valence-electron chi connectivity index (χ4n) is 2.20. The number of carbonyl (C=O) groups excluding carboxylic acids is 1. The predicted molar refractivity (Wildman–Crippen MR) is 92.5 cm³/mol. The highest BCUT2D eigenvalue weighted by atomic mass is 16.5. The summed E-state index contributed by atoms with van der Waals surface area (Å²) in [5.41, 5.74) is 4.15. The van der Waals surface area contributed by atoms with Gasteiger partial charge in [0.1, 0.15) is 12.0 Å². The second kappa shape index (κ2) is 6.61. The summed E-state index contributed by atoms with van der Waals surface area (Å²) in [6, 6.07) is 13.8. The van der Waals surface area contributed by atoms with Crippen LogP contribution in [0.1, 0.15) is 47.8 Å². The van der Waals surface area contributed by atoms with Crippen LogP contribution in [-0.4, -0.2) is 13.4 Å². The Kier molecular flexibility index (Phi) is 4.81. The molecule has 114 valence electrons. The van der Waals surface area contributed by atoms with Gasteiger partial charge in [-0.15, -0.1) is 0 Å². The lowest BCUT2D eigenvalue weighted by atomic mass is 9.86. The van der Waals surface area contributed by atoms with Gasteiger partial charge in [0.2, 0.25) is 0 Å². The van der Waals surface area contributed by atoms with Gasteiger partial charge < -0.3 is 4.74 Å². The van der Waals surface area contributed by atoms with Gasteiger partial charge in [0.25, 0.3) is 0 Å². The molecule has 0 bridgehead atoms. The van der Waals surface area contributed by atoms with Crippen LogP contribution in [0.15, 0.2) is 42.5 Å². The average Bonchev–Trinajstić information content (AvgIpc) is 2.52.